The van der Waals surface area contributed by atoms with Crippen LogP contribution in [0.2, 0.25) is 0 Å². The molecule has 0 saturated heterocycles. The van der Waals surface area contributed by atoms with Gasteiger partial charge < -0.3 is 9.40 Å². The Morgan fingerprint density at radius 2 is 1.68 bits per heavy atom. The van der Waals surface area contributed by atoms with Crippen molar-refractivity contribution in [3.63, 3.8) is 0 Å². The SMILES string of the molecule is FC(F)(F)c1cc2ccc1-2.S=c1[nH]c(-c2ccccc2)co1. The first-order chi connectivity index (χ1) is 10.4. The van der Waals surface area contributed by atoms with Crippen molar-refractivity contribution >= 4 is 12.2 Å². The number of aromatic nitrogens is 1. The third-order valence-electron chi connectivity index (χ3n) is 3.24. The minimum Gasteiger partial charge on any atom is -0.437 e. The molecule has 0 fully saturated rings. The molecule has 1 heterocycles. The van der Waals surface area contributed by atoms with Gasteiger partial charge in [0.1, 0.15) is 6.26 Å². The Balaban J connectivity index is 0.000000133. The first kappa shape index (κ1) is 14.6. The molecule has 2 nitrogen and oxygen atoms in total. The van der Waals surface area contributed by atoms with Crippen LogP contribution in [0.3, 0.4) is 0 Å². The van der Waals surface area contributed by atoms with Crippen molar-refractivity contribution in [1.82, 2.24) is 4.98 Å². The van der Waals surface area contributed by atoms with E-state index in [1.54, 1.807) is 12.3 Å². The summed E-state index contributed by atoms with van der Waals surface area (Å²) in [5, 5.41) is 0. The fourth-order valence-electron chi connectivity index (χ4n) is 2.06. The van der Waals surface area contributed by atoms with Gasteiger partial charge in [0.25, 0.3) is 4.84 Å². The Morgan fingerprint density at radius 1 is 0.955 bits per heavy atom. The van der Waals surface area contributed by atoms with Crippen molar-refractivity contribution in [2.45, 2.75) is 6.18 Å². The molecule has 4 rings (SSSR count). The number of hydrogen-bond acceptors (Lipinski definition) is 2. The van der Waals surface area contributed by atoms with Crippen molar-refractivity contribution in [1.29, 1.82) is 0 Å². The molecule has 0 bridgehead atoms. The number of alkyl halides is 3. The topological polar surface area (TPSA) is 28.9 Å². The number of nitrogens with one attached hydrogen (secondary N) is 1. The van der Waals surface area contributed by atoms with Gasteiger partial charge in [-0.2, -0.15) is 13.2 Å². The lowest BCUT2D eigenvalue weighted by Gasteiger charge is -2.22. The zero-order valence-electron chi connectivity index (χ0n) is 11.1. The Bertz CT molecular complexity index is 850. The largest absolute Gasteiger partial charge is 0.437 e. The van der Waals surface area contributed by atoms with Crippen molar-refractivity contribution in [2.75, 3.05) is 0 Å². The number of benzene rings is 2. The molecule has 2 aliphatic carbocycles. The molecule has 0 radical (unpaired) electrons. The normalized spacial score (nSPS) is 11.6. The van der Waals surface area contributed by atoms with Crippen LogP contribution in [0.15, 0.2) is 59.2 Å². The van der Waals surface area contributed by atoms with Gasteiger partial charge >= 0.3 is 6.18 Å². The fourth-order valence-corrected chi connectivity index (χ4v) is 2.22. The molecule has 2 aromatic rings. The Hall–Kier alpha value is -2.34. The Labute approximate surface area is 129 Å². The van der Waals surface area contributed by atoms with Crippen LogP contribution in [0.25, 0.3) is 22.4 Å². The van der Waals surface area contributed by atoms with Crippen LogP contribution in [-0.4, -0.2) is 4.98 Å². The van der Waals surface area contributed by atoms with E-state index in [1.807, 2.05) is 30.3 Å². The molecular formula is C16H10F3NOS. The van der Waals surface area contributed by atoms with Gasteiger partial charge in [0.05, 0.1) is 11.3 Å². The molecule has 2 aliphatic rings. The average molecular weight is 321 g/mol. The smallest absolute Gasteiger partial charge is 0.417 e. The number of fused-ring (bicyclic) bond motifs is 1. The van der Waals surface area contributed by atoms with E-state index < -0.39 is 11.7 Å². The molecule has 0 spiro atoms. The maximum absolute atomic E-state index is 11.8. The standard InChI is InChI=1S/C9H7NOS.C7H3F3/c12-9-10-8(6-11-9)7-4-2-1-3-5-7;8-7(9,10)6-3-4-1-2-5(4)6/h1-6H,(H,10,12);1-3H. The highest BCUT2D eigenvalue weighted by Crippen LogP contribution is 2.45. The number of hydrogen-bond donors (Lipinski definition) is 1. The summed E-state index contributed by atoms with van der Waals surface area (Å²) in [6.07, 6.45) is -2.53. The molecule has 0 amide bonds. The molecular weight excluding hydrogens is 311 g/mol. The fraction of sp³-hybridized carbons (Fsp3) is 0.0625. The lowest BCUT2D eigenvalue weighted by Crippen LogP contribution is -2.12. The van der Waals surface area contributed by atoms with Crippen molar-refractivity contribution in [2.24, 2.45) is 0 Å². The van der Waals surface area contributed by atoms with E-state index in [1.165, 1.54) is 6.07 Å². The number of H-pyrrole nitrogens is 1. The highest BCUT2D eigenvalue weighted by Gasteiger charge is 2.38. The molecule has 22 heavy (non-hydrogen) atoms. The van der Waals surface area contributed by atoms with Gasteiger partial charge in [-0.15, -0.1) is 0 Å². The van der Waals surface area contributed by atoms with Crippen LogP contribution < -0.4 is 0 Å². The summed E-state index contributed by atoms with van der Waals surface area (Å²) in [6, 6.07) is 14.2. The number of rotatable bonds is 1. The summed E-state index contributed by atoms with van der Waals surface area (Å²) in [6.45, 7) is 0. The molecule has 0 atom stereocenters. The minimum atomic E-state index is -4.15. The second kappa shape index (κ2) is 5.46. The van der Waals surface area contributed by atoms with Crippen LogP contribution in [0.4, 0.5) is 13.2 Å². The van der Waals surface area contributed by atoms with Crippen LogP contribution in [0.1, 0.15) is 5.56 Å². The summed E-state index contributed by atoms with van der Waals surface area (Å²) < 4.78 is 40.4. The van der Waals surface area contributed by atoms with Gasteiger partial charge in [0.15, 0.2) is 0 Å². The predicted molar refractivity (Wildman–Crippen MR) is 79.8 cm³/mol. The molecule has 112 valence electrons. The number of aromatic amines is 1. The van der Waals surface area contributed by atoms with E-state index in [0.29, 0.717) is 10.4 Å². The van der Waals surface area contributed by atoms with Gasteiger partial charge in [-0.3, -0.25) is 0 Å². The monoisotopic (exact) mass is 321 g/mol. The minimum absolute atomic E-state index is 0.368. The average Bonchev–Trinajstić information content (AvgIpc) is 2.89. The van der Waals surface area contributed by atoms with Gasteiger partial charge in [-0.1, -0.05) is 42.5 Å². The van der Waals surface area contributed by atoms with E-state index in [2.05, 4.69) is 4.98 Å². The number of halogens is 3. The van der Waals surface area contributed by atoms with Crippen molar-refractivity contribution < 1.29 is 17.6 Å². The van der Waals surface area contributed by atoms with Crippen LogP contribution in [0.5, 0.6) is 0 Å². The Morgan fingerprint density at radius 3 is 2.05 bits per heavy atom. The van der Waals surface area contributed by atoms with E-state index in [0.717, 1.165) is 22.9 Å². The van der Waals surface area contributed by atoms with E-state index >= 15 is 0 Å². The first-order valence-corrected chi connectivity index (χ1v) is 6.81. The Kier molecular flexibility index (Phi) is 3.62. The quantitative estimate of drug-likeness (QED) is 0.456. The summed E-state index contributed by atoms with van der Waals surface area (Å²) >= 11 is 4.81. The third-order valence-corrected chi connectivity index (χ3v) is 3.44. The van der Waals surface area contributed by atoms with E-state index in [4.69, 9.17) is 16.6 Å². The van der Waals surface area contributed by atoms with E-state index in [-0.39, 0.29) is 0 Å². The van der Waals surface area contributed by atoms with Crippen LogP contribution in [0, 0.1) is 4.84 Å². The van der Waals surface area contributed by atoms with Gasteiger partial charge in [-0.05, 0) is 29.4 Å². The molecule has 0 saturated carbocycles. The van der Waals surface area contributed by atoms with Crippen LogP contribution >= 0.6 is 12.2 Å². The second-order valence-corrected chi connectivity index (χ2v) is 5.06. The van der Waals surface area contributed by atoms with Gasteiger partial charge in [-0.25, -0.2) is 0 Å². The summed E-state index contributed by atoms with van der Waals surface area (Å²) in [5.41, 5.74) is 2.61. The second-order valence-electron chi connectivity index (χ2n) is 4.69. The molecule has 6 heteroatoms. The van der Waals surface area contributed by atoms with Crippen molar-refractivity contribution in [3.8, 4) is 22.4 Å². The van der Waals surface area contributed by atoms with Crippen molar-refractivity contribution in [3.05, 3.63) is 65.2 Å². The molecule has 1 aromatic carbocycles. The summed E-state index contributed by atoms with van der Waals surface area (Å²) in [7, 11) is 0. The molecule has 0 aliphatic heterocycles. The molecule has 1 aromatic heterocycles. The number of oxazole rings is 1. The predicted octanol–water partition coefficient (Wildman–Crippen LogP) is 5.69. The van der Waals surface area contributed by atoms with Crippen LogP contribution in [-0.2, 0) is 6.18 Å². The summed E-state index contributed by atoms with van der Waals surface area (Å²) in [4.78, 5) is 3.35. The zero-order chi connectivity index (χ0) is 15.7. The third kappa shape index (κ3) is 2.82. The summed E-state index contributed by atoms with van der Waals surface area (Å²) in [5.74, 6) is 0. The maximum Gasteiger partial charge on any atom is 0.417 e. The first-order valence-electron chi connectivity index (χ1n) is 6.40. The highest BCUT2D eigenvalue weighted by atomic mass is 32.1. The van der Waals surface area contributed by atoms with Gasteiger partial charge in [0.2, 0.25) is 0 Å². The molecule has 0 unspecified atom stereocenters. The van der Waals surface area contributed by atoms with E-state index in [9.17, 15) is 13.2 Å². The molecule has 1 N–H and O–H groups in total. The maximum atomic E-state index is 11.8. The van der Waals surface area contributed by atoms with Gasteiger partial charge in [0, 0.05) is 5.56 Å². The lowest BCUT2D eigenvalue weighted by molar-refractivity contribution is -0.137. The lowest BCUT2D eigenvalue weighted by atomic mass is 9.86. The highest BCUT2D eigenvalue weighted by molar-refractivity contribution is 7.71. The zero-order valence-corrected chi connectivity index (χ0v) is 12.0.